The minimum Gasteiger partial charge on any atom is -0.391 e. The zero-order valence-electron chi connectivity index (χ0n) is 12.1. The van der Waals surface area contributed by atoms with E-state index in [1.807, 2.05) is 0 Å². The summed E-state index contributed by atoms with van der Waals surface area (Å²) in [4.78, 5) is 1.74. The van der Waals surface area contributed by atoms with Gasteiger partial charge in [0.05, 0.1) is 11.5 Å². The minimum absolute atomic E-state index is 0.110. The largest absolute Gasteiger partial charge is 0.391 e. The predicted molar refractivity (Wildman–Crippen MR) is 81.3 cm³/mol. The smallest absolute Gasteiger partial charge is 0.241 e. The van der Waals surface area contributed by atoms with Crippen molar-refractivity contribution < 1.29 is 13.5 Å². The topological polar surface area (TPSA) is 66.4 Å². The average Bonchev–Trinajstić information content (AvgIpc) is 2.79. The van der Waals surface area contributed by atoms with Crippen LogP contribution < -0.4 is 4.72 Å². The summed E-state index contributed by atoms with van der Waals surface area (Å²) in [5.74, 6) is 1.15. The summed E-state index contributed by atoms with van der Waals surface area (Å²) in [6.07, 6.45) is 4.66. The van der Waals surface area contributed by atoms with Gasteiger partial charge in [0.25, 0.3) is 0 Å². The van der Waals surface area contributed by atoms with E-state index in [0.717, 1.165) is 17.7 Å². The van der Waals surface area contributed by atoms with Crippen LogP contribution in [0.2, 0.25) is 0 Å². The molecule has 4 nitrogen and oxygen atoms in total. The highest BCUT2D eigenvalue weighted by Crippen LogP contribution is 2.29. The van der Waals surface area contributed by atoms with Crippen molar-refractivity contribution >= 4 is 21.4 Å². The van der Waals surface area contributed by atoms with Crippen molar-refractivity contribution in [3.8, 4) is 0 Å². The molecule has 1 fully saturated rings. The number of nitrogens with one attached hydrogen (secondary N) is 1. The first kappa shape index (κ1) is 15.9. The molecule has 2 unspecified atom stereocenters. The van der Waals surface area contributed by atoms with Crippen molar-refractivity contribution in [2.45, 2.75) is 51.0 Å². The van der Waals surface area contributed by atoms with Gasteiger partial charge in [-0.05, 0) is 37.7 Å². The second-order valence-corrected chi connectivity index (χ2v) is 8.86. The Morgan fingerprint density at radius 2 is 2.20 bits per heavy atom. The van der Waals surface area contributed by atoms with Gasteiger partial charge in [-0.2, -0.15) is 0 Å². The maximum absolute atomic E-state index is 12.3. The van der Waals surface area contributed by atoms with Crippen LogP contribution in [-0.4, -0.2) is 20.1 Å². The van der Waals surface area contributed by atoms with E-state index in [2.05, 4.69) is 11.6 Å². The Labute approximate surface area is 125 Å². The molecule has 6 heteroatoms. The van der Waals surface area contributed by atoms with Gasteiger partial charge in [0.15, 0.2) is 0 Å². The molecule has 0 aromatic carbocycles. The zero-order valence-corrected chi connectivity index (χ0v) is 13.7. The van der Waals surface area contributed by atoms with Crippen LogP contribution >= 0.6 is 11.3 Å². The maximum Gasteiger partial charge on any atom is 0.241 e. The van der Waals surface area contributed by atoms with Gasteiger partial charge in [-0.15, -0.1) is 11.3 Å². The third kappa shape index (κ3) is 3.81. The molecule has 20 heavy (non-hydrogen) atoms. The van der Waals surface area contributed by atoms with E-state index < -0.39 is 10.0 Å². The molecule has 0 saturated heterocycles. The molecule has 1 aromatic heterocycles. The van der Waals surface area contributed by atoms with Crippen LogP contribution in [0.5, 0.6) is 0 Å². The number of hydrogen-bond donors (Lipinski definition) is 2. The average molecular weight is 317 g/mol. The number of aliphatic hydroxyl groups is 1. The molecule has 0 radical (unpaired) electrons. The molecular formula is C14H23NO3S2. The quantitative estimate of drug-likeness (QED) is 0.877. The van der Waals surface area contributed by atoms with Crippen molar-refractivity contribution in [1.29, 1.82) is 0 Å². The van der Waals surface area contributed by atoms with E-state index in [1.54, 1.807) is 13.0 Å². The summed E-state index contributed by atoms with van der Waals surface area (Å²) in [6.45, 7) is 4.43. The summed E-state index contributed by atoms with van der Waals surface area (Å²) >= 11 is 1.33. The fourth-order valence-electron chi connectivity index (χ4n) is 2.92. The molecule has 1 saturated carbocycles. The maximum atomic E-state index is 12.3. The van der Waals surface area contributed by atoms with Gasteiger partial charge < -0.3 is 5.11 Å². The van der Waals surface area contributed by atoms with Crippen molar-refractivity contribution in [2.75, 3.05) is 6.54 Å². The molecule has 0 spiro atoms. The first-order chi connectivity index (χ1) is 9.42. The third-order valence-corrected chi connectivity index (χ3v) is 6.69. The lowest BCUT2D eigenvalue weighted by Crippen LogP contribution is -2.31. The summed E-state index contributed by atoms with van der Waals surface area (Å²) in [6, 6.07) is 1.58. The Hall–Kier alpha value is -0.430. The zero-order chi connectivity index (χ0) is 14.8. The lowest BCUT2D eigenvalue weighted by Gasteiger charge is -2.26. The monoisotopic (exact) mass is 317 g/mol. The van der Waals surface area contributed by atoms with E-state index >= 15 is 0 Å². The van der Waals surface area contributed by atoms with Crippen LogP contribution in [0.15, 0.2) is 11.0 Å². The molecule has 0 aliphatic heterocycles. The fraction of sp³-hybridized carbons (Fsp3) is 0.714. The predicted octanol–water partition coefficient (Wildman–Crippen LogP) is 2.65. The molecule has 1 aliphatic rings. The van der Waals surface area contributed by atoms with Crippen LogP contribution in [0, 0.1) is 18.8 Å². The van der Waals surface area contributed by atoms with Crippen LogP contribution in [-0.2, 0) is 16.6 Å². The Morgan fingerprint density at radius 1 is 1.45 bits per heavy atom. The highest BCUT2D eigenvalue weighted by Gasteiger charge is 2.23. The van der Waals surface area contributed by atoms with E-state index in [4.69, 9.17) is 5.11 Å². The molecule has 0 amide bonds. The molecule has 2 N–H and O–H groups in total. The molecule has 1 heterocycles. The van der Waals surface area contributed by atoms with Gasteiger partial charge in [0.2, 0.25) is 10.0 Å². The van der Waals surface area contributed by atoms with Crippen LogP contribution in [0.1, 0.15) is 42.4 Å². The first-order valence-electron chi connectivity index (χ1n) is 7.12. The van der Waals surface area contributed by atoms with Crippen LogP contribution in [0.25, 0.3) is 0 Å². The number of hydrogen-bond acceptors (Lipinski definition) is 4. The molecule has 2 rings (SSSR count). The number of sulfonamides is 1. The van der Waals surface area contributed by atoms with E-state index in [-0.39, 0.29) is 6.61 Å². The van der Waals surface area contributed by atoms with E-state index in [9.17, 15) is 8.42 Å². The molecular weight excluding hydrogens is 294 g/mol. The molecule has 1 aromatic rings. The summed E-state index contributed by atoms with van der Waals surface area (Å²) in [7, 11) is -3.45. The fourth-order valence-corrected chi connectivity index (χ4v) is 5.53. The summed E-state index contributed by atoms with van der Waals surface area (Å²) in [5.41, 5.74) is 0. The third-order valence-electron chi connectivity index (χ3n) is 3.98. The Balaban J connectivity index is 2.01. The van der Waals surface area contributed by atoms with Gasteiger partial charge in [-0.25, -0.2) is 13.1 Å². The van der Waals surface area contributed by atoms with Crippen molar-refractivity contribution in [3.05, 3.63) is 15.8 Å². The molecule has 114 valence electrons. The lowest BCUT2D eigenvalue weighted by atomic mass is 9.83. The van der Waals surface area contributed by atoms with Gasteiger partial charge in [0, 0.05) is 16.3 Å². The van der Waals surface area contributed by atoms with Crippen LogP contribution in [0.3, 0.4) is 0 Å². The number of thiophene rings is 1. The lowest BCUT2D eigenvalue weighted by molar-refractivity contribution is 0.283. The first-order valence-corrected chi connectivity index (χ1v) is 9.42. The highest BCUT2D eigenvalue weighted by atomic mass is 32.2. The number of aliphatic hydroxyl groups excluding tert-OH is 1. The van der Waals surface area contributed by atoms with Gasteiger partial charge in [0.1, 0.15) is 0 Å². The van der Waals surface area contributed by atoms with Gasteiger partial charge in [-0.1, -0.05) is 19.8 Å². The van der Waals surface area contributed by atoms with E-state index in [0.29, 0.717) is 28.2 Å². The summed E-state index contributed by atoms with van der Waals surface area (Å²) in [5, 5.41) is 9.10. The van der Waals surface area contributed by atoms with E-state index in [1.165, 1.54) is 24.2 Å². The highest BCUT2D eigenvalue weighted by molar-refractivity contribution is 7.89. The standard InChI is InChI=1S/C14H23NO3S2/c1-10-4-3-5-12(6-10)8-15-20(17,18)14-7-13(9-16)19-11(14)2/h7,10,12,15-16H,3-6,8-9H2,1-2H3. The Morgan fingerprint density at radius 3 is 2.80 bits per heavy atom. The van der Waals surface area contributed by atoms with Gasteiger partial charge >= 0.3 is 0 Å². The second-order valence-electron chi connectivity index (χ2n) is 5.78. The van der Waals surface area contributed by atoms with Crippen molar-refractivity contribution in [3.63, 3.8) is 0 Å². The normalized spacial score (nSPS) is 23.9. The molecule has 0 bridgehead atoms. The molecule has 2 atom stereocenters. The van der Waals surface area contributed by atoms with Gasteiger partial charge in [-0.3, -0.25) is 0 Å². The minimum atomic E-state index is -3.45. The molecule has 1 aliphatic carbocycles. The Bertz CT molecular complexity index is 551. The van der Waals surface area contributed by atoms with Crippen LogP contribution in [0.4, 0.5) is 0 Å². The SMILES string of the molecule is Cc1sc(CO)cc1S(=O)(=O)NCC1CCCC(C)C1. The summed E-state index contributed by atoms with van der Waals surface area (Å²) < 4.78 is 27.4. The second kappa shape index (κ2) is 6.56. The Kier molecular flexibility index (Phi) is 5.23. The number of rotatable bonds is 5. The van der Waals surface area contributed by atoms with Crippen molar-refractivity contribution in [1.82, 2.24) is 4.72 Å². The number of aryl methyl sites for hydroxylation is 1. The van der Waals surface area contributed by atoms with Crippen molar-refractivity contribution in [2.24, 2.45) is 11.8 Å².